The highest BCUT2D eigenvalue weighted by Crippen LogP contribution is 2.11. The number of aliphatic hydroxyl groups is 3. The number of hydrogen-bond donors (Lipinski definition) is 12. The van der Waals surface area contributed by atoms with Gasteiger partial charge in [0.25, 0.3) is 0 Å². The lowest BCUT2D eigenvalue weighted by atomic mass is 9.97. The lowest BCUT2D eigenvalue weighted by Crippen LogP contribution is -2.62. The summed E-state index contributed by atoms with van der Waals surface area (Å²) in [5.41, 5.74) is 11.2. The summed E-state index contributed by atoms with van der Waals surface area (Å²) in [5, 5.41) is 52.3. The maximum atomic E-state index is 13.7. The number of primary amides is 1. The number of aliphatic hydroxyl groups excluding tert-OH is 3. The maximum absolute atomic E-state index is 13.7. The molecule has 0 unspecified atom stereocenters. The van der Waals surface area contributed by atoms with E-state index in [-0.39, 0.29) is 6.42 Å². The molecule has 0 spiro atoms. The van der Waals surface area contributed by atoms with E-state index in [1.54, 1.807) is 44.2 Å². The van der Waals surface area contributed by atoms with Gasteiger partial charge in [-0.15, -0.1) is 0 Å². The van der Waals surface area contributed by atoms with E-state index in [0.29, 0.717) is 12.0 Å². The number of carbonyl (C=O) groups excluding carboxylic acids is 7. The Labute approximate surface area is 299 Å². The van der Waals surface area contributed by atoms with Gasteiger partial charge in [-0.2, -0.15) is 0 Å². The molecule has 0 aromatic heterocycles. The number of carbonyl (C=O) groups is 8. The summed E-state index contributed by atoms with van der Waals surface area (Å²) in [6.07, 6.45) is -3.76. The minimum atomic E-state index is -1.82. The molecule has 1 aromatic carbocycles. The first-order chi connectivity index (χ1) is 24.3. The fourth-order valence-electron chi connectivity index (χ4n) is 4.60. The number of carboxylic acid groups (broad SMARTS) is 1. The molecule has 20 nitrogen and oxygen atoms in total. The third-order valence-corrected chi connectivity index (χ3v) is 7.83. The van der Waals surface area contributed by atoms with E-state index in [1.165, 1.54) is 0 Å². The van der Waals surface area contributed by atoms with E-state index in [9.17, 15) is 53.7 Å². The molecule has 0 bridgehead atoms. The van der Waals surface area contributed by atoms with Gasteiger partial charge in [-0.05, 0) is 25.3 Å². The number of nitrogens with one attached hydrogen (secondary N) is 6. The molecule has 0 aliphatic carbocycles. The van der Waals surface area contributed by atoms with Crippen molar-refractivity contribution in [3.05, 3.63) is 35.9 Å². The topological polar surface area (TPSA) is 342 Å². The van der Waals surface area contributed by atoms with Crippen LogP contribution in [-0.4, -0.2) is 129 Å². The second-order valence-corrected chi connectivity index (χ2v) is 12.2. The average Bonchev–Trinajstić information content (AvgIpc) is 3.08. The first-order valence-electron chi connectivity index (χ1n) is 16.4. The Morgan fingerprint density at radius 3 is 1.73 bits per heavy atom. The largest absolute Gasteiger partial charge is 0.480 e. The zero-order valence-corrected chi connectivity index (χ0v) is 29.3. The summed E-state index contributed by atoms with van der Waals surface area (Å²) in [4.78, 5) is 101. The van der Waals surface area contributed by atoms with Crippen molar-refractivity contribution in [1.29, 1.82) is 0 Å². The molecule has 0 saturated carbocycles. The molecular formula is C32H50N8O12. The molecule has 290 valence electrons. The fourth-order valence-corrected chi connectivity index (χ4v) is 4.60. The lowest BCUT2D eigenvalue weighted by Gasteiger charge is -2.29. The Hall–Kier alpha value is -5.18. The highest BCUT2D eigenvalue weighted by atomic mass is 16.4. The zero-order chi connectivity index (χ0) is 39.7. The molecule has 1 rings (SSSR count). The third kappa shape index (κ3) is 15.0. The summed E-state index contributed by atoms with van der Waals surface area (Å²) in [5.74, 6) is -8.93. The van der Waals surface area contributed by atoms with Gasteiger partial charge in [-0.25, -0.2) is 4.79 Å². The van der Waals surface area contributed by atoms with Crippen LogP contribution in [0.15, 0.2) is 30.3 Å². The second-order valence-electron chi connectivity index (χ2n) is 12.2. The third-order valence-electron chi connectivity index (χ3n) is 7.83. The average molecular weight is 739 g/mol. The van der Waals surface area contributed by atoms with E-state index in [0.717, 1.165) is 13.8 Å². The molecule has 20 heteroatoms. The number of benzene rings is 1. The van der Waals surface area contributed by atoms with Crippen LogP contribution in [0.3, 0.4) is 0 Å². The predicted octanol–water partition coefficient (Wildman–Crippen LogP) is -5.14. The number of aliphatic carboxylic acids is 1. The molecule has 0 fully saturated rings. The van der Waals surface area contributed by atoms with Crippen LogP contribution in [0, 0.1) is 5.92 Å². The molecule has 0 saturated heterocycles. The summed E-state index contributed by atoms with van der Waals surface area (Å²) in [7, 11) is 0. The maximum Gasteiger partial charge on any atom is 0.328 e. The molecule has 1 aromatic rings. The van der Waals surface area contributed by atoms with Crippen LogP contribution in [0.2, 0.25) is 0 Å². The number of hydrogen-bond acceptors (Lipinski definition) is 12. The summed E-state index contributed by atoms with van der Waals surface area (Å²) in [6, 6.07) is -0.920. The van der Waals surface area contributed by atoms with Gasteiger partial charge < -0.3 is 63.8 Å². The molecule has 7 amide bonds. The van der Waals surface area contributed by atoms with Crippen molar-refractivity contribution in [2.45, 2.75) is 95.4 Å². The van der Waals surface area contributed by atoms with Gasteiger partial charge in [-0.1, -0.05) is 50.6 Å². The molecule has 9 atom stereocenters. The van der Waals surface area contributed by atoms with Crippen LogP contribution >= 0.6 is 0 Å². The Kier molecular flexibility index (Phi) is 18.9. The summed E-state index contributed by atoms with van der Waals surface area (Å²) in [6.45, 7) is 4.39. The van der Waals surface area contributed by atoms with Crippen molar-refractivity contribution < 1.29 is 58.8 Å². The minimum Gasteiger partial charge on any atom is -0.480 e. The number of carboxylic acids is 1. The normalized spacial score (nSPS) is 16.2. The number of rotatable bonds is 22. The molecule has 0 radical (unpaired) electrons. The monoisotopic (exact) mass is 738 g/mol. The van der Waals surface area contributed by atoms with Crippen LogP contribution in [-0.2, 0) is 44.8 Å². The van der Waals surface area contributed by atoms with E-state index in [2.05, 4.69) is 26.6 Å². The van der Waals surface area contributed by atoms with Crippen molar-refractivity contribution in [3.8, 4) is 0 Å². The highest BCUT2D eigenvalue weighted by molar-refractivity contribution is 5.98. The standard InChI is InChI=1S/C32H50N8O12/c1-5-15(2)24(38-23(45)13-35-27(46)19(33)14-41)30(49)36-20(11-18-9-7-6-8-10-18)28(47)39-25(16(3)42)31(50)37-21(12-22(34)44)29(48)40-26(17(4)43)32(51)52/h6-10,15-17,19-21,24-26,41-43H,5,11-14,33H2,1-4H3,(H2,34,44)(H,35,46)(H,36,49)(H,37,50)(H,38,45)(H,39,47)(H,40,48)(H,51,52)/t15-,16+,17+,19-,20-,21-,24-,25-,26-/m0/s1. The Balaban J connectivity index is 3.31. The molecular weight excluding hydrogens is 688 g/mol. The van der Waals surface area contributed by atoms with Gasteiger partial charge in [0.15, 0.2) is 6.04 Å². The van der Waals surface area contributed by atoms with E-state index >= 15 is 0 Å². The summed E-state index contributed by atoms with van der Waals surface area (Å²) < 4.78 is 0. The van der Waals surface area contributed by atoms with Crippen LogP contribution in [0.25, 0.3) is 0 Å². The van der Waals surface area contributed by atoms with Gasteiger partial charge in [0.05, 0.1) is 31.8 Å². The SMILES string of the molecule is CC[C@H](C)[C@H](NC(=O)CNC(=O)[C@@H](N)CO)C(=O)N[C@@H](Cc1ccccc1)C(=O)N[C@H](C(=O)N[C@@H](CC(N)=O)C(=O)N[C@H](C(=O)O)[C@@H](C)O)[C@@H](C)O. The number of amides is 7. The molecule has 0 heterocycles. The van der Waals surface area contributed by atoms with Crippen molar-refractivity contribution in [1.82, 2.24) is 31.9 Å². The first-order valence-corrected chi connectivity index (χ1v) is 16.4. The number of nitrogens with two attached hydrogens (primary N) is 2. The van der Waals surface area contributed by atoms with Gasteiger partial charge in [-0.3, -0.25) is 33.6 Å². The fraction of sp³-hybridized carbons (Fsp3) is 0.562. The van der Waals surface area contributed by atoms with Crippen LogP contribution in [0.5, 0.6) is 0 Å². The lowest BCUT2D eigenvalue weighted by molar-refractivity contribution is -0.145. The Morgan fingerprint density at radius 1 is 0.712 bits per heavy atom. The van der Waals surface area contributed by atoms with Gasteiger partial charge in [0.2, 0.25) is 41.4 Å². The quantitative estimate of drug-likeness (QED) is 0.0530. The Bertz CT molecular complexity index is 1410. The second kappa shape index (κ2) is 21.9. The molecule has 14 N–H and O–H groups in total. The van der Waals surface area contributed by atoms with E-state index in [4.69, 9.17) is 16.6 Å². The van der Waals surface area contributed by atoms with E-state index in [1.807, 2.05) is 5.32 Å². The van der Waals surface area contributed by atoms with Gasteiger partial charge >= 0.3 is 5.97 Å². The van der Waals surface area contributed by atoms with Crippen molar-refractivity contribution in [2.75, 3.05) is 13.2 Å². The summed E-state index contributed by atoms with van der Waals surface area (Å²) >= 11 is 0. The van der Waals surface area contributed by atoms with Gasteiger partial charge in [0, 0.05) is 6.42 Å². The molecule has 52 heavy (non-hydrogen) atoms. The highest BCUT2D eigenvalue weighted by Gasteiger charge is 2.36. The van der Waals surface area contributed by atoms with Crippen LogP contribution < -0.4 is 43.4 Å². The van der Waals surface area contributed by atoms with Crippen LogP contribution in [0.4, 0.5) is 0 Å². The zero-order valence-electron chi connectivity index (χ0n) is 29.3. The Morgan fingerprint density at radius 2 is 1.23 bits per heavy atom. The van der Waals surface area contributed by atoms with Crippen molar-refractivity contribution >= 4 is 47.3 Å². The van der Waals surface area contributed by atoms with Crippen molar-refractivity contribution in [3.63, 3.8) is 0 Å². The minimum absolute atomic E-state index is 0.133. The van der Waals surface area contributed by atoms with Crippen LogP contribution in [0.1, 0.15) is 46.1 Å². The van der Waals surface area contributed by atoms with Gasteiger partial charge in [0.1, 0.15) is 30.2 Å². The first kappa shape index (κ1) is 44.8. The molecule has 0 aliphatic rings. The predicted molar refractivity (Wildman–Crippen MR) is 182 cm³/mol. The molecule has 0 aliphatic heterocycles. The van der Waals surface area contributed by atoms with E-state index < -0.39 is 121 Å². The van der Waals surface area contributed by atoms with Crippen molar-refractivity contribution in [2.24, 2.45) is 17.4 Å². The smallest absolute Gasteiger partial charge is 0.328 e.